The molecule has 0 amide bonds. The highest BCUT2D eigenvalue weighted by Gasteiger charge is 2.27. The van der Waals surface area contributed by atoms with Crippen LogP contribution in [0.25, 0.3) is 10.9 Å². The number of carbonyl (C=O) groups is 1. The van der Waals surface area contributed by atoms with Gasteiger partial charge in [0.15, 0.2) is 0 Å². The Bertz CT molecular complexity index is 586. The number of carboxylic acids is 1. The fraction of sp³-hybridized carbons (Fsp3) is 0.429. The molecule has 0 aliphatic carbocycles. The van der Waals surface area contributed by atoms with Crippen LogP contribution in [-0.2, 0) is 4.79 Å². The van der Waals surface area contributed by atoms with Crippen molar-refractivity contribution in [3.8, 4) is 0 Å². The van der Waals surface area contributed by atoms with Crippen LogP contribution in [0.5, 0.6) is 0 Å². The number of fused-ring (bicyclic) bond motifs is 1. The minimum absolute atomic E-state index is 0.0930. The summed E-state index contributed by atoms with van der Waals surface area (Å²) < 4.78 is 4.36. The Balaban J connectivity index is 2.28. The fourth-order valence-corrected chi connectivity index (χ4v) is 2.71. The van der Waals surface area contributed by atoms with Crippen LogP contribution in [0.1, 0.15) is 27.2 Å². The number of nitrogens with zero attached hydrogens (tertiary/aromatic N) is 1. The fourth-order valence-electron chi connectivity index (χ4n) is 1.90. The molecular weight excluding hydrogens is 260 g/mol. The van der Waals surface area contributed by atoms with Crippen molar-refractivity contribution in [3.05, 3.63) is 24.3 Å². The molecule has 1 aromatic heterocycles. The van der Waals surface area contributed by atoms with Crippen molar-refractivity contribution in [1.82, 2.24) is 4.37 Å². The number of nitrogens with one attached hydrogen (secondary N) is 1. The molecule has 1 unspecified atom stereocenters. The van der Waals surface area contributed by atoms with Crippen LogP contribution in [0.2, 0.25) is 0 Å². The number of rotatable bonds is 4. The van der Waals surface area contributed by atoms with Gasteiger partial charge in [-0.2, -0.15) is 4.37 Å². The second-order valence-corrected chi connectivity index (χ2v) is 6.46. The molecule has 0 spiro atoms. The van der Waals surface area contributed by atoms with Gasteiger partial charge in [-0.05, 0) is 29.1 Å². The van der Waals surface area contributed by atoms with Crippen molar-refractivity contribution in [2.75, 3.05) is 5.32 Å². The van der Waals surface area contributed by atoms with Gasteiger partial charge in [0, 0.05) is 11.4 Å². The molecule has 0 bridgehead atoms. The molecule has 1 aromatic carbocycles. The highest BCUT2D eigenvalue weighted by Crippen LogP contribution is 2.32. The molecule has 0 radical (unpaired) electrons. The molecular formula is C14H18N2O2S. The minimum Gasteiger partial charge on any atom is -0.481 e. The van der Waals surface area contributed by atoms with E-state index in [1.807, 2.05) is 45.0 Å². The highest BCUT2D eigenvalue weighted by atomic mass is 32.1. The molecule has 0 saturated heterocycles. The average Bonchev–Trinajstić information content (AvgIpc) is 2.70. The number of hydrogen-bond acceptors (Lipinski definition) is 4. The zero-order chi connectivity index (χ0) is 14.0. The summed E-state index contributed by atoms with van der Waals surface area (Å²) in [7, 11) is 0. The number of benzene rings is 1. The molecule has 1 atom stereocenters. The van der Waals surface area contributed by atoms with Crippen LogP contribution >= 0.6 is 11.5 Å². The van der Waals surface area contributed by atoms with Gasteiger partial charge in [-0.1, -0.05) is 32.9 Å². The molecule has 19 heavy (non-hydrogen) atoms. The van der Waals surface area contributed by atoms with Gasteiger partial charge in [0.2, 0.25) is 0 Å². The number of aliphatic carboxylic acids is 1. The van der Waals surface area contributed by atoms with E-state index in [9.17, 15) is 4.79 Å². The summed E-state index contributed by atoms with van der Waals surface area (Å²) in [4.78, 5) is 11.0. The van der Waals surface area contributed by atoms with E-state index in [4.69, 9.17) is 5.11 Å². The van der Waals surface area contributed by atoms with E-state index in [2.05, 4.69) is 9.69 Å². The Morgan fingerprint density at radius 2 is 2.11 bits per heavy atom. The van der Waals surface area contributed by atoms with Crippen molar-refractivity contribution in [3.63, 3.8) is 0 Å². The predicted octanol–water partition coefficient (Wildman–Crippen LogP) is 3.60. The van der Waals surface area contributed by atoms with Crippen molar-refractivity contribution in [2.45, 2.75) is 33.2 Å². The van der Waals surface area contributed by atoms with Gasteiger partial charge in [0.05, 0.1) is 11.9 Å². The molecule has 0 saturated carbocycles. The molecule has 1 heterocycles. The quantitative estimate of drug-likeness (QED) is 0.897. The van der Waals surface area contributed by atoms with E-state index in [0.717, 1.165) is 15.9 Å². The maximum atomic E-state index is 11.0. The first kappa shape index (κ1) is 13.8. The van der Waals surface area contributed by atoms with Gasteiger partial charge in [-0.15, -0.1) is 0 Å². The Kier molecular flexibility index (Phi) is 3.75. The summed E-state index contributed by atoms with van der Waals surface area (Å²) in [5.41, 5.74) is 0.807. The second kappa shape index (κ2) is 5.17. The molecule has 102 valence electrons. The zero-order valence-electron chi connectivity index (χ0n) is 11.3. The normalized spacial score (nSPS) is 13.4. The van der Waals surface area contributed by atoms with Gasteiger partial charge in [-0.25, -0.2) is 0 Å². The molecule has 0 aliphatic rings. The monoisotopic (exact) mass is 278 g/mol. The maximum Gasteiger partial charge on any atom is 0.305 e. The van der Waals surface area contributed by atoms with Crippen molar-refractivity contribution >= 4 is 33.4 Å². The molecule has 2 aromatic rings. The van der Waals surface area contributed by atoms with Gasteiger partial charge in [0.1, 0.15) is 5.00 Å². The predicted molar refractivity (Wildman–Crippen MR) is 78.7 cm³/mol. The first-order valence-electron chi connectivity index (χ1n) is 6.20. The lowest BCUT2D eigenvalue weighted by atomic mass is 9.85. The summed E-state index contributed by atoms with van der Waals surface area (Å²) in [5, 5.41) is 14.4. The smallest absolute Gasteiger partial charge is 0.305 e. The minimum atomic E-state index is -0.791. The van der Waals surface area contributed by atoms with E-state index < -0.39 is 5.97 Å². The van der Waals surface area contributed by atoms with Gasteiger partial charge >= 0.3 is 5.97 Å². The summed E-state index contributed by atoms with van der Waals surface area (Å²) in [6.07, 6.45) is 0.0930. The van der Waals surface area contributed by atoms with Crippen LogP contribution < -0.4 is 5.32 Å². The van der Waals surface area contributed by atoms with E-state index in [1.165, 1.54) is 11.5 Å². The van der Waals surface area contributed by atoms with Crippen molar-refractivity contribution in [2.24, 2.45) is 5.41 Å². The van der Waals surface area contributed by atoms with Gasteiger partial charge < -0.3 is 10.4 Å². The summed E-state index contributed by atoms with van der Waals surface area (Å²) in [6, 6.07) is 7.74. The Hall–Kier alpha value is -1.62. The molecule has 0 fully saturated rings. The van der Waals surface area contributed by atoms with E-state index >= 15 is 0 Å². The summed E-state index contributed by atoms with van der Waals surface area (Å²) in [5.74, 6) is -0.791. The van der Waals surface area contributed by atoms with Crippen LogP contribution in [0.3, 0.4) is 0 Å². The van der Waals surface area contributed by atoms with E-state index in [0.29, 0.717) is 0 Å². The molecule has 0 aliphatic heterocycles. The number of anilines is 1. The van der Waals surface area contributed by atoms with E-state index in [1.54, 1.807) is 0 Å². The van der Waals surface area contributed by atoms with Gasteiger partial charge in [0.25, 0.3) is 0 Å². The lowest BCUT2D eigenvalue weighted by Gasteiger charge is -2.30. The Labute approximate surface area is 116 Å². The lowest BCUT2D eigenvalue weighted by molar-refractivity contribution is -0.137. The van der Waals surface area contributed by atoms with Crippen LogP contribution in [0.4, 0.5) is 5.00 Å². The SMILES string of the molecule is CC(C)(C)C(CC(=O)O)Nc1snc2ccccc12. The third-order valence-electron chi connectivity index (χ3n) is 3.11. The third-order valence-corrected chi connectivity index (χ3v) is 3.92. The largest absolute Gasteiger partial charge is 0.481 e. The first-order chi connectivity index (χ1) is 8.88. The lowest BCUT2D eigenvalue weighted by Crippen LogP contribution is -2.35. The first-order valence-corrected chi connectivity index (χ1v) is 6.98. The topological polar surface area (TPSA) is 62.2 Å². The van der Waals surface area contributed by atoms with Crippen LogP contribution in [0, 0.1) is 5.41 Å². The van der Waals surface area contributed by atoms with Crippen LogP contribution in [-0.4, -0.2) is 21.5 Å². The maximum absolute atomic E-state index is 11.0. The standard InChI is InChI=1S/C14H18N2O2S/c1-14(2,3)11(8-12(17)18)15-13-9-6-4-5-7-10(9)16-19-13/h4-7,11,15H,8H2,1-3H3,(H,17,18). The number of aromatic nitrogens is 1. The van der Waals surface area contributed by atoms with Crippen molar-refractivity contribution in [1.29, 1.82) is 0 Å². The summed E-state index contributed by atoms with van der Waals surface area (Å²) in [6.45, 7) is 6.12. The van der Waals surface area contributed by atoms with Crippen molar-refractivity contribution < 1.29 is 9.90 Å². The molecule has 2 rings (SSSR count). The van der Waals surface area contributed by atoms with E-state index in [-0.39, 0.29) is 17.9 Å². The highest BCUT2D eigenvalue weighted by molar-refractivity contribution is 7.11. The second-order valence-electron chi connectivity index (χ2n) is 5.69. The zero-order valence-corrected chi connectivity index (χ0v) is 12.1. The molecule has 2 N–H and O–H groups in total. The van der Waals surface area contributed by atoms with Gasteiger partial charge in [-0.3, -0.25) is 4.79 Å². The Morgan fingerprint density at radius 1 is 1.42 bits per heavy atom. The summed E-state index contributed by atoms with van der Waals surface area (Å²) >= 11 is 1.38. The number of hydrogen-bond donors (Lipinski definition) is 2. The molecule has 5 heteroatoms. The Morgan fingerprint density at radius 3 is 2.74 bits per heavy atom. The van der Waals surface area contributed by atoms with Crippen LogP contribution in [0.15, 0.2) is 24.3 Å². The number of carboxylic acid groups (broad SMARTS) is 1. The molecule has 4 nitrogen and oxygen atoms in total. The third kappa shape index (κ3) is 3.23. The average molecular weight is 278 g/mol.